The van der Waals surface area contributed by atoms with Gasteiger partial charge in [0.05, 0.1) is 0 Å². The fourth-order valence-electron chi connectivity index (χ4n) is 1.58. The summed E-state index contributed by atoms with van der Waals surface area (Å²) in [5, 5.41) is 0. The molecule has 0 saturated heterocycles. The van der Waals surface area contributed by atoms with E-state index in [0.29, 0.717) is 5.92 Å². The Hall–Kier alpha value is -1.37. The van der Waals surface area contributed by atoms with Crippen LogP contribution in [-0.2, 0) is 0 Å². The van der Waals surface area contributed by atoms with Crippen LogP contribution in [0.3, 0.4) is 0 Å². The van der Waals surface area contributed by atoms with Crippen molar-refractivity contribution in [1.82, 2.24) is 0 Å². The second-order valence-corrected chi connectivity index (χ2v) is 4.15. The van der Waals surface area contributed by atoms with Crippen LogP contribution in [0.15, 0.2) is 35.3 Å². The average molecular weight is 215 g/mol. The van der Waals surface area contributed by atoms with E-state index in [9.17, 15) is 0 Å². The van der Waals surface area contributed by atoms with Crippen molar-refractivity contribution in [3.63, 3.8) is 0 Å². The molecule has 1 nitrogen and oxygen atoms in total. The fraction of sp³-hybridized carbons (Fsp3) is 0.400. The molecule has 16 heavy (non-hydrogen) atoms. The maximum atomic E-state index is 4.30. The van der Waals surface area contributed by atoms with Gasteiger partial charge < -0.3 is 0 Å². The van der Waals surface area contributed by atoms with E-state index in [4.69, 9.17) is 0 Å². The normalized spacial score (nSPS) is 12.7. The van der Waals surface area contributed by atoms with Gasteiger partial charge in [0.15, 0.2) is 0 Å². The third-order valence-corrected chi connectivity index (χ3v) is 2.61. The van der Waals surface area contributed by atoms with E-state index in [2.05, 4.69) is 56.1 Å². The van der Waals surface area contributed by atoms with E-state index in [-0.39, 0.29) is 0 Å². The number of allylic oxidation sites excluding steroid dienone is 2. The summed E-state index contributed by atoms with van der Waals surface area (Å²) in [6, 6.07) is 8.69. The first-order chi connectivity index (χ1) is 7.69. The average Bonchev–Trinajstić information content (AvgIpc) is 2.30. The summed E-state index contributed by atoms with van der Waals surface area (Å²) in [4.78, 5) is 4.30. The van der Waals surface area contributed by atoms with Crippen molar-refractivity contribution in [3.05, 3.63) is 41.5 Å². The van der Waals surface area contributed by atoms with Crippen LogP contribution in [0.4, 0.5) is 0 Å². The lowest BCUT2D eigenvalue weighted by molar-refractivity contribution is 0.866. The number of rotatable bonds is 4. The Morgan fingerprint density at radius 1 is 1.38 bits per heavy atom. The molecule has 0 N–H and O–H groups in total. The summed E-state index contributed by atoms with van der Waals surface area (Å²) in [5.74, 6) is 0.571. The predicted octanol–water partition coefficient (Wildman–Crippen LogP) is 4.30. The Bertz CT molecular complexity index is 386. The minimum Gasteiger partial charge on any atom is -0.293 e. The zero-order valence-electron chi connectivity index (χ0n) is 10.7. The molecule has 0 unspecified atom stereocenters. The predicted molar refractivity (Wildman–Crippen MR) is 73.2 cm³/mol. The Kier molecular flexibility index (Phi) is 4.97. The second-order valence-electron chi connectivity index (χ2n) is 4.15. The lowest BCUT2D eigenvalue weighted by atomic mass is 9.98. The van der Waals surface area contributed by atoms with Gasteiger partial charge in [0, 0.05) is 12.8 Å². The molecule has 0 atom stereocenters. The summed E-state index contributed by atoms with van der Waals surface area (Å²) < 4.78 is 0. The van der Waals surface area contributed by atoms with Crippen LogP contribution < -0.4 is 0 Å². The summed E-state index contributed by atoms with van der Waals surface area (Å²) in [7, 11) is 0. The van der Waals surface area contributed by atoms with Crippen molar-refractivity contribution >= 4 is 11.8 Å². The lowest BCUT2D eigenvalue weighted by Gasteiger charge is -2.08. The number of hydrogen-bond donors (Lipinski definition) is 0. The second kappa shape index (κ2) is 6.26. The zero-order chi connectivity index (χ0) is 12.0. The van der Waals surface area contributed by atoms with Gasteiger partial charge in [0.1, 0.15) is 0 Å². The molecule has 1 rings (SSSR count). The van der Waals surface area contributed by atoms with Gasteiger partial charge in [-0.25, -0.2) is 0 Å². The van der Waals surface area contributed by atoms with Crippen LogP contribution in [0.2, 0.25) is 0 Å². The first-order valence-corrected chi connectivity index (χ1v) is 5.95. The molecule has 0 saturated carbocycles. The van der Waals surface area contributed by atoms with Crippen molar-refractivity contribution in [1.29, 1.82) is 0 Å². The number of hydrogen-bond acceptors (Lipinski definition) is 1. The SMILES string of the molecule is C/C=C(\C=NCC)c1cccc(C(C)C)c1. The van der Waals surface area contributed by atoms with Gasteiger partial charge in [-0.3, -0.25) is 4.99 Å². The maximum absolute atomic E-state index is 4.30. The molecule has 1 aromatic carbocycles. The third kappa shape index (κ3) is 3.34. The zero-order valence-corrected chi connectivity index (χ0v) is 10.7. The van der Waals surface area contributed by atoms with E-state index >= 15 is 0 Å². The Balaban J connectivity index is 3.02. The largest absolute Gasteiger partial charge is 0.293 e. The van der Waals surface area contributed by atoms with Crippen molar-refractivity contribution in [2.45, 2.75) is 33.6 Å². The van der Waals surface area contributed by atoms with Crippen LogP contribution in [0, 0.1) is 0 Å². The van der Waals surface area contributed by atoms with Crippen LogP contribution >= 0.6 is 0 Å². The molecular weight excluding hydrogens is 194 g/mol. The van der Waals surface area contributed by atoms with Crippen molar-refractivity contribution in [2.24, 2.45) is 4.99 Å². The Morgan fingerprint density at radius 3 is 2.69 bits per heavy atom. The van der Waals surface area contributed by atoms with Gasteiger partial charge in [0.25, 0.3) is 0 Å². The van der Waals surface area contributed by atoms with Gasteiger partial charge >= 0.3 is 0 Å². The van der Waals surface area contributed by atoms with Crippen LogP contribution in [0.25, 0.3) is 5.57 Å². The molecule has 0 aliphatic rings. The van der Waals surface area contributed by atoms with Gasteiger partial charge in [-0.05, 0) is 36.5 Å². The first-order valence-electron chi connectivity index (χ1n) is 5.95. The van der Waals surface area contributed by atoms with Crippen LogP contribution in [0.5, 0.6) is 0 Å². The molecule has 0 spiro atoms. The van der Waals surface area contributed by atoms with E-state index in [0.717, 1.165) is 6.54 Å². The number of nitrogens with zero attached hydrogens (tertiary/aromatic N) is 1. The van der Waals surface area contributed by atoms with Crippen molar-refractivity contribution in [3.8, 4) is 0 Å². The highest BCUT2D eigenvalue weighted by molar-refractivity contribution is 6.09. The van der Waals surface area contributed by atoms with E-state index in [1.807, 2.05) is 13.1 Å². The molecule has 0 amide bonds. The molecule has 0 bridgehead atoms. The molecule has 0 heterocycles. The molecule has 86 valence electrons. The molecule has 0 fully saturated rings. The highest BCUT2D eigenvalue weighted by Crippen LogP contribution is 2.19. The molecule has 0 radical (unpaired) electrons. The van der Waals surface area contributed by atoms with Gasteiger partial charge in [-0.1, -0.05) is 44.2 Å². The summed E-state index contributed by atoms with van der Waals surface area (Å²) in [6.07, 6.45) is 4.07. The number of benzene rings is 1. The Morgan fingerprint density at radius 2 is 2.12 bits per heavy atom. The number of aliphatic imine (C=N–C) groups is 1. The van der Waals surface area contributed by atoms with Crippen molar-refractivity contribution < 1.29 is 0 Å². The van der Waals surface area contributed by atoms with E-state index in [1.54, 1.807) is 0 Å². The van der Waals surface area contributed by atoms with Gasteiger partial charge in [-0.15, -0.1) is 0 Å². The van der Waals surface area contributed by atoms with Gasteiger partial charge in [0.2, 0.25) is 0 Å². The minimum absolute atomic E-state index is 0.571. The first kappa shape index (κ1) is 12.7. The smallest absolute Gasteiger partial charge is 0.0361 e. The molecule has 0 aromatic heterocycles. The van der Waals surface area contributed by atoms with E-state index in [1.165, 1.54) is 16.7 Å². The van der Waals surface area contributed by atoms with Crippen molar-refractivity contribution in [2.75, 3.05) is 6.54 Å². The quantitative estimate of drug-likeness (QED) is 0.664. The van der Waals surface area contributed by atoms with Gasteiger partial charge in [-0.2, -0.15) is 0 Å². The molecular formula is C15H21N. The summed E-state index contributed by atoms with van der Waals surface area (Å²) in [6.45, 7) is 9.37. The maximum Gasteiger partial charge on any atom is 0.0361 e. The molecule has 0 aliphatic heterocycles. The van der Waals surface area contributed by atoms with Crippen LogP contribution in [0.1, 0.15) is 44.7 Å². The third-order valence-electron chi connectivity index (χ3n) is 2.61. The van der Waals surface area contributed by atoms with Crippen LogP contribution in [-0.4, -0.2) is 12.8 Å². The molecule has 1 aromatic rings. The summed E-state index contributed by atoms with van der Waals surface area (Å²) >= 11 is 0. The highest BCUT2D eigenvalue weighted by atomic mass is 14.7. The monoisotopic (exact) mass is 215 g/mol. The van der Waals surface area contributed by atoms with E-state index < -0.39 is 0 Å². The lowest BCUT2D eigenvalue weighted by Crippen LogP contribution is -1.91. The fourth-order valence-corrected chi connectivity index (χ4v) is 1.58. The molecule has 1 heteroatoms. The highest BCUT2D eigenvalue weighted by Gasteiger charge is 2.02. The standard InChI is InChI=1S/C15H21N/c1-5-13(11-16-6-2)15-9-7-8-14(10-15)12(3)4/h5,7-12H,6H2,1-4H3/b13-5+,16-11?. The summed E-state index contributed by atoms with van der Waals surface area (Å²) in [5.41, 5.74) is 3.83. The molecule has 0 aliphatic carbocycles. The minimum atomic E-state index is 0.571. The Labute approximate surface area is 98.9 Å². The topological polar surface area (TPSA) is 12.4 Å².